The number of benzene rings is 1. The lowest BCUT2D eigenvalue weighted by molar-refractivity contribution is 0.313. The van der Waals surface area contributed by atoms with Crippen molar-refractivity contribution in [2.24, 2.45) is 5.16 Å². The molecule has 0 spiro atoms. The topological polar surface area (TPSA) is 41.8 Å². The van der Waals surface area contributed by atoms with E-state index in [1.54, 1.807) is 18.2 Å². The average Bonchev–Trinajstić information content (AvgIpc) is 2.46. The highest BCUT2D eigenvalue weighted by molar-refractivity contribution is 6.31. The maximum absolute atomic E-state index is 8.57. The van der Waals surface area contributed by atoms with Gasteiger partial charge < -0.3 is 9.94 Å². The quantitative estimate of drug-likeness (QED) is 0.493. The van der Waals surface area contributed by atoms with E-state index in [4.69, 9.17) is 21.5 Å². The maximum Gasteiger partial charge on any atom is 0.134 e. The van der Waals surface area contributed by atoms with Gasteiger partial charge in [-0.05, 0) is 18.2 Å². The number of halogens is 1. The van der Waals surface area contributed by atoms with Crippen LogP contribution in [0.1, 0.15) is 5.56 Å². The standard InChI is InChI=1S/C8H6ClNO2/c9-5-1-2-8-6(3-5)7(10-11)4-12-8/h1-3,11H,4H2/b10-7+. The molecule has 0 saturated carbocycles. The Balaban J connectivity index is 2.57. The second-order valence-corrected chi connectivity index (χ2v) is 2.91. The number of nitrogens with zero attached hydrogens (tertiary/aromatic N) is 1. The molecule has 0 aromatic heterocycles. The predicted molar refractivity (Wildman–Crippen MR) is 45.3 cm³/mol. The van der Waals surface area contributed by atoms with E-state index < -0.39 is 0 Å². The Bertz CT molecular complexity index is 349. The van der Waals surface area contributed by atoms with Gasteiger partial charge in [-0.25, -0.2) is 0 Å². The lowest BCUT2D eigenvalue weighted by Gasteiger charge is -1.95. The number of rotatable bonds is 0. The summed E-state index contributed by atoms with van der Waals surface area (Å²) in [6, 6.07) is 5.22. The van der Waals surface area contributed by atoms with E-state index in [2.05, 4.69) is 5.16 Å². The molecule has 0 aliphatic carbocycles. The highest BCUT2D eigenvalue weighted by Gasteiger charge is 2.19. The number of hydrogen-bond donors (Lipinski definition) is 1. The molecule has 0 bridgehead atoms. The SMILES string of the molecule is O/N=C1\COc2ccc(Cl)cc21. The van der Waals surface area contributed by atoms with Crippen molar-refractivity contribution in [2.75, 3.05) is 6.61 Å². The van der Waals surface area contributed by atoms with Crippen LogP contribution >= 0.6 is 11.6 Å². The fourth-order valence-electron chi connectivity index (χ4n) is 1.16. The van der Waals surface area contributed by atoms with Gasteiger partial charge in [-0.1, -0.05) is 16.8 Å². The van der Waals surface area contributed by atoms with Crippen LogP contribution < -0.4 is 4.74 Å². The molecule has 62 valence electrons. The first kappa shape index (κ1) is 7.43. The Morgan fingerprint density at radius 2 is 2.33 bits per heavy atom. The molecular weight excluding hydrogens is 178 g/mol. The maximum atomic E-state index is 8.57. The van der Waals surface area contributed by atoms with Crippen LogP contribution in [0.4, 0.5) is 0 Å². The number of oxime groups is 1. The van der Waals surface area contributed by atoms with Gasteiger partial charge in [0, 0.05) is 10.6 Å². The summed E-state index contributed by atoms with van der Waals surface area (Å²) in [6.07, 6.45) is 0. The van der Waals surface area contributed by atoms with Crippen molar-refractivity contribution in [3.05, 3.63) is 28.8 Å². The Morgan fingerprint density at radius 1 is 1.50 bits per heavy atom. The van der Waals surface area contributed by atoms with Gasteiger partial charge in [-0.15, -0.1) is 0 Å². The Morgan fingerprint density at radius 3 is 3.08 bits per heavy atom. The zero-order valence-electron chi connectivity index (χ0n) is 6.12. The van der Waals surface area contributed by atoms with E-state index >= 15 is 0 Å². The van der Waals surface area contributed by atoms with Crippen LogP contribution in [-0.4, -0.2) is 17.5 Å². The summed E-state index contributed by atoms with van der Waals surface area (Å²) in [5.74, 6) is 0.715. The lowest BCUT2D eigenvalue weighted by atomic mass is 10.1. The lowest BCUT2D eigenvalue weighted by Crippen LogP contribution is -2.01. The monoisotopic (exact) mass is 183 g/mol. The molecule has 0 amide bonds. The summed E-state index contributed by atoms with van der Waals surface area (Å²) in [6.45, 7) is 0.312. The zero-order chi connectivity index (χ0) is 8.55. The Labute approximate surface area is 74.2 Å². The van der Waals surface area contributed by atoms with Crippen molar-refractivity contribution < 1.29 is 9.94 Å². The van der Waals surface area contributed by atoms with Crippen molar-refractivity contribution in [1.29, 1.82) is 0 Å². The van der Waals surface area contributed by atoms with E-state index in [1.807, 2.05) is 0 Å². The first-order valence-corrected chi connectivity index (χ1v) is 3.82. The minimum Gasteiger partial charge on any atom is -0.486 e. The fourth-order valence-corrected chi connectivity index (χ4v) is 1.33. The molecule has 0 atom stereocenters. The molecule has 1 aromatic carbocycles. The summed E-state index contributed by atoms with van der Waals surface area (Å²) in [5.41, 5.74) is 1.29. The average molecular weight is 184 g/mol. The Kier molecular flexibility index (Phi) is 1.66. The van der Waals surface area contributed by atoms with Gasteiger partial charge >= 0.3 is 0 Å². The first-order valence-electron chi connectivity index (χ1n) is 3.45. The smallest absolute Gasteiger partial charge is 0.134 e. The molecule has 1 aromatic rings. The van der Waals surface area contributed by atoms with Crippen LogP contribution in [0.2, 0.25) is 5.02 Å². The minimum atomic E-state index is 0.312. The van der Waals surface area contributed by atoms with Crippen molar-refractivity contribution in [3.8, 4) is 5.75 Å². The molecule has 12 heavy (non-hydrogen) atoms. The van der Waals surface area contributed by atoms with Gasteiger partial charge in [-0.3, -0.25) is 0 Å². The van der Waals surface area contributed by atoms with Crippen LogP contribution in [0.15, 0.2) is 23.4 Å². The number of ether oxygens (including phenoxy) is 1. The normalized spacial score (nSPS) is 17.6. The molecule has 0 radical (unpaired) electrons. The van der Waals surface area contributed by atoms with E-state index in [1.165, 1.54) is 0 Å². The van der Waals surface area contributed by atoms with Gasteiger partial charge in [0.15, 0.2) is 0 Å². The summed E-state index contributed by atoms with van der Waals surface area (Å²) < 4.78 is 5.21. The first-order chi connectivity index (χ1) is 5.81. The van der Waals surface area contributed by atoms with Gasteiger partial charge in [0.25, 0.3) is 0 Å². The molecule has 0 saturated heterocycles. The third-order valence-corrected chi connectivity index (χ3v) is 1.97. The van der Waals surface area contributed by atoms with Crippen LogP contribution in [0.25, 0.3) is 0 Å². The predicted octanol–water partition coefficient (Wildman–Crippen LogP) is 1.91. The second-order valence-electron chi connectivity index (χ2n) is 2.48. The molecule has 3 nitrogen and oxygen atoms in total. The highest BCUT2D eigenvalue weighted by Crippen LogP contribution is 2.27. The summed E-state index contributed by atoms with van der Waals surface area (Å²) >= 11 is 5.75. The molecule has 1 aliphatic rings. The van der Waals surface area contributed by atoms with Gasteiger partial charge in [0.2, 0.25) is 0 Å². The molecule has 1 N–H and O–H groups in total. The number of hydrogen-bond acceptors (Lipinski definition) is 3. The summed E-state index contributed by atoms with van der Waals surface area (Å²) in [7, 11) is 0. The van der Waals surface area contributed by atoms with Crippen molar-refractivity contribution in [3.63, 3.8) is 0 Å². The van der Waals surface area contributed by atoms with E-state index in [9.17, 15) is 0 Å². The van der Waals surface area contributed by atoms with Crippen LogP contribution in [0.5, 0.6) is 5.75 Å². The number of fused-ring (bicyclic) bond motifs is 1. The summed E-state index contributed by atoms with van der Waals surface area (Å²) in [4.78, 5) is 0. The molecule has 1 aliphatic heterocycles. The fraction of sp³-hybridized carbons (Fsp3) is 0.125. The third kappa shape index (κ3) is 1.02. The molecule has 1 heterocycles. The van der Waals surface area contributed by atoms with Gasteiger partial charge in [0.05, 0.1) is 0 Å². The molecule has 0 unspecified atom stereocenters. The van der Waals surface area contributed by atoms with Gasteiger partial charge in [0.1, 0.15) is 18.1 Å². The summed E-state index contributed by atoms with van der Waals surface area (Å²) in [5, 5.41) is 12.3. The van der Waals surface area contributed by atoms with E-state index in [0.717, 1.165) is 5.56 Å². The Hall–Kier alpha value is -1.22. The van der Waals surface area contributed by atoms with Gasteiger partial charge in [-0.2, -0.15) is 0 Å². The second kappa shape index (κ2) is 2.68. The largest absolute Gasteiger partial charge is 0.486 e. The van der Waals surface area contributed by atoms with Crippen molar-refractivity contribution >= 4 is 17.3 Å². The van der Waals surface area contributed by atoms with Crippen LogP contribution in [0.3, 0.4) is 0 Å². The van der Waals surface area contributed by atoms with Crippen molar-refractivity contribution in [2.45, 2.75) is 0 Å². The zero-order valence-corrected chi connectivity index (χ0v) is 6.88. The molecule has 0 fully saturated rings. The molecule has 4 heteroatoms. The van der Waals surface area contributed by atoms with Crippen LogP contribution in [0, 0.1) is 0 Å². The van der Waals surface area contributed by atoms with Crippen molar-refractivity contribution in [1.82, 2.24) is 0 Å². The van der Waals surface area contributed by atoms with E-state index in [0.29, 0.717) is 23.1 Å². The minimum absolute atomic E-state index is 0.312. The third-order valence-electron chi connectivity index (χ3n) is 1.74. The van der Waals surface area contributed by atoms with Crippen LogP contribution in [-0.2, 0) is 0 Å². The highest BCUT2D eigenvalue weighted by atomic mass is 35.5. The molecular formula is C8H6ClNO2. The van der Waals surface area contributed by atoms with E-state index in [-0.39, 0.29) is 0 Å². The molecule has 2 rings (SSSR count).